The average Bonchev–Trinajstić information content (AvgIpc) is 3.11. The van der Waals surface area contributed by atoms with Gasteiger partial charge in [-0.25, -0.2) is 0 Å². The SMILES string of the molecule is CCNC(=NCC(c1ccco1)N(C)C)NC1CC=CC1. The maximum Gasteiger partial charge on any atom is 0.191 e. The van der Waals surface area contributed by atoms with Crippen LogP contribution in [-0.4, -0.2) is 44.1 Å². The Labute approximate surface area is 127 Å². The summed E-state index contributed by atoms with van der Waals surface area (Å²) in [6, 6.07) is 4.53. The van der Waals surface area contributed by atoms with Crippen molar-refractivity contribution in [2.75, 3.05) is 27.2 Å². The van der Waals surface area contributed by atoms with E-state index in [1.807, 2.05) is 26.2 Å². The maximum absolute atomic E-state index is 5.52. The minimum Gasteiger partial charge on any atom is -0.468 e. The quantitative estimate of drug-likeness (QED) is 0.479. The Bertz CT molecular complexity index is 457. The highest BCUT2D eigenvalue weighted by atomic mass is 16.3. The molecule has 1 aromatic rings. The fourth-order valence-corrected chi connectivity index (χ4v) is 2.41. The third kappa shape index (κ3) is 4.63. The van der Waals surface area contributed by atoms with Crippen molar-refractivity contribution in [1.82, 2.24) is 15.5 Å². The second-order valence-corrected chi connectivity index (χ2v) is 5.50. The zero-order valence-electron chi connectivity index (χ0n) is 13.2. The van der Waals surface area contributed by atoms with Crippen molar-refractivity contribution in [2.45, 2.75) is 31.8 Å². The summed E-state index contributed by atoms with van der Waals surface area (Å²) in [5, 5.41) is 6.79. The Hall–Kier alpha value is -1.75. The Kier molecular flexibility index (Phi) is 5.87. The first kappa shape index (κ1) is 15.6. The Morgan fingerprint density at radius 1 is 1.43 bits per heavy atom. The van der Waals surface area contributed by atoms with E-state index in [1.165, 1.54) is 0 Å². The Morgan fingerprint density at radius 3 is 2.76 bits per heavy atom. The second-order valence-electron chi connectivity index (χ2n) is 5.50. The lowest BCUT2D eigenvalue weighted by molar-refractivity contribution is 0.265. The van der Waals surface area contributed by atoms with Gasteiger partial charge in [0.1, 0.15) is 5.76 Å². The molecule has 2 N–H and O–H groups in total. The molecular weight excluding hydrogens is 264 g/mol. The highest BCUT2D eigenvalue weighted by Crippen LogP contribution is 2.18. The van der Waals surface area contributed by atoms with Crippen LogP contribution in [0, 0.1) is 0 Å². The molecule has 0 fully saturated rings. The smallest absolute Gasteiger partial charge is 0.191 e. The van der Waals surface area contributed by atoms with E-state index in [1.54, 1.807) is 6.26 Å². The molecular formula is C16H26N4O. The zero-order chi connectivity index (χ0) is 15.1. The summed E-state index contributed by atoms with van der Waals surface area (Å²) in [5.41, 5.74) is 0. The number of guanidine groups is 1. The fourth-order valence-electron chi connectivity index (χ4n) is 2.41. The van der Waals surface area contributed by atoms with E-state index in [2.05, 4.69) is 34.6 Å². The molecule has 2 rings (SSSR count). The molecule has 0 saturated carbocycles. The van der Waals surface area contributed by atoms with Gasteiger partial charge in [0.05, 0.1) is 18.8 Å². The summed E-state index contributed by atoms with van der Waals surface area (Å²) >= 11 is 0. The second kappa shape index (κ2) is 7.88. The van der Waals surface area contributed by atoms with Gasteiger partial charge in [0.15, 0.2) is 5.96 Å². The minimum absolute atomic E-state index is 0.150. The number of nitrogens with zero attached hydrogens (tertiary/aromatic N) is 2. The topological polar surface area (TPSA) is 52.8 Å². The number of rotatable bonds is 6. The molecule has 0 radical (unpaired) electrons. The van der Waals surface area contributed by atoms with Gasteiger partial charge in [0.2, 0.25) is 0 Å². The number of likely N-dealkylation sites (N-methyl/N-ethyl adjacent to an activating group) is 1. The van der Waals surface area contributed by atoms with Crippen LogP contribution in [0.25, 0.3) is 0 Å². The molecule has 5 nitrogen and oxygen atoms in total. The van der Waals surface area contributed by atoms with Crippen LogP contribution in [0.15, 0.2) is 40.0 Å². The first-order valence-corrected chi connectivity index (χ1v) is 7.60. The van der Waals surface area contributed by atoms with Gasteiger partial charge in [-0.15, -0.1) is 0 Å². The number of nitrogens with one attached hydrogen (secondary N) is 2. The van der Waals surface area contributed by atoms with E-state index in [4.69, 9.17) is 9.41 Å². The highest BCUT2D eigenvalue weighted by Gasteiger charge is 2.17. The summed E-state index contributed by atoms with van der Waals surface area (Å²) in [6.45, 7) is 3.61. The van der Waals surface area contributed by atoms with Crippen LogP contribution in [0.1, 0.15) is 31.6 Å². The Balaban J connectivity index is 1.98. The molecule has 1 unspecified atom stereocenters. The van der Waals surface area contributed by atoms with Crippen LogP contribution in [-0.2, 0) is 0 Å². The fraction of sp³-hybridized carbons (Fsp3) is 0.562. The third-order valence-electron chi connectivity index (χ3n) is 3.61. The van der Waals surface area contributed by atoms with Gasteiger partial charge >= 0.3 is 0 Å². The maximum atomic E-state index is 5.52. The van der Waals surface area contributed by atoms with E-state index in [9.17, 15) is 0 Å². The van der Waals surface area contributed by atoms with Crippen molar-refractivity contribution in [1.29, 1.82) is 0 Å². The molecule has 0 aromatic carbocycles. The number of furan rings is 1. The molecule has 0 aliphatic heterocycles. The monoisotopic (exact) mass is 290 g/mol. The highest BCUT2D eigenvalue weighted by molar-refractivity contribution is 5.80. The summed E-state index contributed by atoms with van der Waals surface area (Å²) < 4.78 is 5.52. The molecule has 0 saturated heterocycles. The average molecular weight is 290 g/mol. The predicted molar refractivity (Wildman–Crippen MR) is 86.4 cm³/mol. The molecule has 1 aromatic heterocycles. The summed E-state index contributed by atoms with van der Waals surface area (Å²) in [6.07, 6.45) is 8.28. The van der Waals surface area contributed by atoms with Crippen molar-refractivity contribution in [3.63, 3.8) is 0 Å². The molecule has 1 aliphatic rings. The standard InChI is InChI=1S/C16H26N4O/c1-4-17-16(19-13-8-5-6-9-13)18-12-14(20(2)3)15-10-7-11-21-15/h5-7,10-11,13-14H,4,8-9,12H2,1-3H3,(H2,17,18,19). The molecule has 116 valence electrons. The summed E-state index contributed by atoms with van der Waals surface area (Å²) in [4.78, 5) is 6.85. The van der Waals surface area contributed by atoms with Gasteiger partial charge in [0, 0.05) is 12.6 Å². The molecule has 0 amide bonds. The summed E-state index contributed by atoms with van der Waals surface area (Å²) in [7, 11) is 4.09. The lowest BCUT2D eigenvalue weighted by Gasteiger charge is -2.22. The van der Waals surface area contributed by atoms with Crippen LogP contribution >= 0.6 is 0 Å². The Morgan fingerprint density at radius 2 is 2.19 bits per heavy atom. The lowest BCUT2D eigenvalue weighted by atomic mass is 10.2. The molecule has 5 heteroatoms. The van der Waals surface area contributed by atoms with Crippen molar-refractivity contribution in [3.8, 4) is 0 Å². The van der Waals surface area contributed by atoms with Gasteiger partial charge in [-0.05, 0) is 46.0 Å². The first-order chi connectivity index (χ1) is 10.2. The third-order valence-corrected chi connectivity index (χ3v) is 3.61. The first-order valence-electron chi connectivity index (χ1n) is 7.60. The van der Waals surface area contributed by atoms with E-state index in [0.717, 1.165) is 31.1 Å². The van der Waals surface area contributed by atoms with Crippen LogP contribution in [0.5, 0.6) is 0 Å². The van der Waals surface area contributed by atoms with E-state index in [-0.39, 0.29) is 6.04 Å². The lowest BCUT2D eigenvalue weighted by Crippen LogP contribution is -2.43. The number of hydrogen-bond donors (Lipinski definition) is 2. The summed E-state index contributed by atoms with van der Waals surface area (Å²) in [5.74, 6) is 1.83. The molecule has 1 aliphatic carbocycles. The van der Waals surface area contributed by atoms with Crippen molar-refractivity contribution < 1.29 is 4.42 Å². The van der Waals surface area contributed by atoms with Crippen LogP contribution < -0.4 is 10.6 Å². The van der Waals surface area contributed by atoms with E-state index in [0.29, 0.717) is 12.6 Å². The van der Waals surface area contributed by atoms with Crippen molar-refractivity contribution >= 4 is 5.96 Å². The normalized spacial score (nSPS) is 17.4. The molecule has 1 atom stereocenters. The van der Waals surface area contributed by atoms with Crippen LogP contribution in [0.4, 0.5) is 0 Å². The van der Waals surface area contributed by atoms with E-state index < -0.39 is 0 Å². The van der Waals surface area contributed by atoms with Gasteiger partial charge in [-0.1, -0.05) is 12.2 Å². The minimum atomic E-state index is 0.150. The van der Waals surface area contributed by atoms with Crippen molar-refractivity contribution in [3.05, 3.63) is 36.3 Å². The van der Waals surface area contributed by atoms with E-state index >= 15 is 0 Å². The largest absolute Gasteiger partial charge is 0.468 e. The predicted octanol–water partition coefficient (Wildman–Crippen LogP) is 2.16. The molecule has 0 spiro atoms. The van der Waals surface area contributed by atoms with Gasteiger partial charge in [0.25, 0.3) is 0 Å². The van der Waals surface area contributed by atoms with Crippen LogP contribution in [0.2, 0.25) is 0 Å². The number of aliphatic imine (C=N–C) groups is 1. The molecule has 21 heavy (non-hydrogen) atoms. The van der Waals surface area contributed by atoms with Crippen LogP contribution in [0.3, 0.4) is 0 Å². The van der Waals surface area contributed by atoms with Gasteiger partial charge < -0.3 is 15.1 Å². The molecule has 1 heterocycles. The van der Waals surface area contributed by atoms with Gasteiger partial charge in [-0.2, -0.15) is 0 Å². The van der Waals surface area contributed by atoms with Crippen molar-refractivity contribution in [2.24, 2.45) is 4.99 Å². The number of hydrogen-bond acceptors (Lipinski definition) is 3. The van der Waals surface area contributed by atoms with Gasteiger partial charge in [-0.3, -0.25) is 9.89 Å². The molecule has 0 bridgehead atoms. The zero-order valence-corrected chi connectivity index (χ0v) is 13.2.